The van der Waals surface area contributed by atoms with Crippen LogP contribution in [-0.4, -0.2) is 17.6 Å². The lowest BCUT2D eigenvalue weighted by atomic mass is 10.2. The van der Waals surface area contributed by atoms with E-state index in [1.165, 1.54) is 17.7 Å². The highest BCUT2D eigenvalue weighted by molar-refractivity contribution is 6.75. The highest BCUT2D eigenvalue weighted by atomic mass is 35.5. The summed E-state index contributed by atoms with van der Waals surface area (Å²) in [5, 5.41) is 0. The number of aromatic nitrogens is 2. The summed E-state index contributed by atoms with van der Waals surface area (Å²) in [6, 6.07) is 7.91. The first kappa shape index (κ1) is 14.9. The summed E-state index contributed by atoms with van der Waals surface area (Å²) in [7, 11) is -1.37. The third-order valence-corrected chi connectivity index (χ3v) is 5.35. The molecule has 0 aliphatic rings. The van der Waals surface area contributed by atoms with Gasteiger partial charge in [-0.25, -0.2) is 9.37 Å². The van der Waals surface area contributed by atoms with Crippen molar-refractivity contribution in [2.45, 2.75) is 25.3 Å². The molecule has 0 saturated heterocycles. The minimum Gasteiger partial charge on any atom is -0.340 e. The molecule has 18 heavy (non-hydrogen) atoms. The smallest absolute Gasteiger partial charge is 0.123 e. The molecule has 0 aliphatic carbocycles. The molecule has 1 aromatic heterocycles. The molecule has 0 amide bonds. The molecule has 0 aliphatic heterocycles. The van der Waals surface area contributed by atoms with Crippen molar-refractivity contribution in [2.75, 3.05) is 0 Å². The van der Waals surface area contributed by atoms with Crippen LogP contribution in [0.5, 0.6) is 0 Å². The minimum absolute atomic E-state index is 0. The molecule has 0 radical (unpaired) electrons. The van der Waals surface area contributed by atoms with Crippen LogP contribution in [0.4, 0.5) is 4.39 Å². The highest BCUT2D eigenvalue weighted by Crippen LogP contribution is 2.14. The van der Waals surface area contributed by atoms with Crippen LogP contribution in [0.2, 0.25) is 13.1 Å². The van der Waals surface area contributed by atoms with E-state index in [1.807, 2.05) is 30.9 Å². The summed E-state index contributed by atoms with van der Waals surface area (Å²) in [6.07, 6.45) is 6.71. The van der Waals surface area contributed by atoms with Crippen molar-refractivity contribution in [1.82, 2.24) is 9.55 Å². The van der Waals surface area contributed by atoms with E-state index in [9.17, 15) is 4.39 Å². The molecule has 0 fully saturated rings. The minimum atomic E-state index is -1.37. The monoisotopic (exact) mass is 284 g/mol. The summed E-state index contributed by atoms with van der Waals surface area (Å²) in [5.74, 6) is -0.164. The van der Waals surface area contributed by atoms with E-state index in [0.29, 0.717) is 0 Å². The Bertz CT molecular complexity index is 468. The van der Waals surface area contributed by atoms with Gasteiger partial charge in [0.05, 0.1) is 14.4 Å². The van der Waals surface area contributed by atoms with Gasteiger partial charge < -0.3 is 4.57 Å². The van der Waals surface area contributed by atoms with Gasteiger partial charge >= 0.3 is 0 Å². The van der Waals surface area contributed by atoms with Gasteiger partial charge in [0.15, 0.2) is 0 Å². The Morgan fingerprint density at radius 1 is 1.22 bits per heavy atom. The largest absolute Gasteiger partial charge is 0.340 e. The van der Waals surface area contributed by atoms with Gasteiger partial charge in [-0.05, 0) is 18.2 Å². The Kier molecular flexibility index (Phi) is 5.11. The number of nitrogens with zero attached hydrogens (tertiary/aromatic N) is 2. The molecule has 2 aromatic rings. The van der Waals surface area contributed by atoms with Gasteiger partial charge in [0.25, 0.3) is 0 Å². The van der Waals surface area contributed by atoms with E-state index >= 15 is 0 Å². The number of halogens is 2. The van der Waals surface area contributed by atoms with Crippen molar-refractivity contribution in [1.29, 1.82) is 0 Å². The fraction of sp³-hybridized carbons (Fsp3) is 0.308. The molecular weight excluding hydrogens is 267 g/mol. The first-order valence-corrected chi connectivity index (χ1v) is 9.17. The van der Waals surface area contributed by atoms with Crippen molar-refractivity contribution in [3.8, 4) is 0 Å². The first-order chi connectivity index (χ1) is 8.05. The molecule has 0 bridgehead atoms. The molecule has 2 nitrogen and oxygen atoms in total. The zero-order valence-electron chi connectivity index (χ0n) is 10.6. The maximum absolute atomic E-state index is 12.8. The predicted octanol–water partition coefficient (Wildman–Crippen LogP) is 3.47. The Balaban J connectivity index is 0.00000162. The lowest BCUT2D eigenvalue weighted by Crippen LogP contribution is -2.35. The highest BCUT2D eigenvalue weighted by Gasteiger charge is 2.21. The summed E-state index contributed by atoms with van der Waals surface area (Å²) in [6.45, 7) is 4.69. The van der Waals surface area contributed by atoms with E-state index in [0.717, 1.165) is 12.2 Å². The fourth-order valence-corrected chi connectivity index (χ4v) is 4.71. The number of hydrogen-bond acceptors (Lipinski definition) is 1. The third-order valence-electron chi connectivity index (χ3n) is 2.77. The second-order valence-corrected chi connectivity index (χ2v) is 10.2. The quantitative estimate of drug-likeness (QED) is 0.786. The van der Waals surface area contributed by atoms with Crippen LogP contribution in [0.15, 0.2) is 43.0 Å². The Labute approximate surface area is 114 Å². The number of imidazole rings is 1. The molecule has 2 rings (SSSR count). The second-order valence-electron chi connectivity index (χ2n) is 5.20. The third kappa shape index (κ3) is 4.27. The molecule has 0 atom stereocenters. The maximum atomic E-state index is 12.8. The van der Waals surface area contributed by atoms with Gasteiger partial charge in [0.1, 0.15) is 5.82 Å². The average Bonchev–Trinajstić information content (AvgIpc) is 2.73. The lowest BCUT2D eigenvalue weighted by molar-refractivity contribution is 0.627. The summed E-state index contributed by atoms with van der Waals surface area (Å²) in [4.78, 5) is 4.06. The Morgan fingerprint density at radius 2 is 1.89 bits per heavy atom. The lowest BCUT2D eigenvalue weighted by Gasteiger charge is -2.22. The number of hydrogen-bond donors (Lipinski definition) is 0. The average molecular weight is 285 g/mol. The predicted molar refractivity (Wildman–Crippen MR) is 77.1 cm³/mol. The van der Waals surface area contributed by atoms with Crippen LogP contribution in [0, 0.1) is 5.82 Å². The van der Waals surface area contributed by atoms with E-state index < -0.39 is 8.07 Å². The fourth-order valence-electron chi connectivity index (χ4n) is 2.09. The number of benzene rings is 1. The van der Waals surface area contributed by atoms with Gasteiger partial charge in [0.2, 0.25) is 0 Å². The Morgan fingerprint density at radius 3 is 2.44 bits per heavy atom. The first-order valence-electron chi connectivity index (χ1n) is 5.75. The summed E-state index contributed by atoms with van der Waals surface area (Å²) < 4.78 is 15.0. The molecule has 0 saturated carbocycles. The summed E-state index contributed by atoms with van der Waals surface area (Å²) in [5.41, 5.74) is 1.23. The molecule has 0 spiro atoms. The van der Waals surface area contributed by atoms with Gasteiger partial charge in [-0.1, -0.05) is 30.8 Å². The normalized spacial score (nSPS) is 11.1. The van der Waals surface area contributed by atoms with Crippen LogP contribution in [0.3, 0.4) is 0 Å². The van der Waals surface area contributed by atoms with Gasteiger partial charge in [-0.2, -0.15) is 0 Å². The molecular formula is C13H18ClFN2Si. The van der Waals surface area contributed by atoms with Crippen molar-refractivity contribution in [3.05, 3.63) is 54.4 Å². The van der Waals surface area contributed by atoms with Gasteiger partial charge in [-0.15, -0.1) is 12.4 Å². The number of rotatable bonds is 4. The van der Waals surface area contributed by atoms with Crippen LogP contribution in [0.25, 0.3) is 0 Å². The molecule has 0 unspecified atom stereocenters. The molecule has 0 N–H and O–H groups in total. The van der Waals surface area contributed by atoms with Gasteiger partial charge in [0, 0.05) is 18.6 Å². The van der Waals surface area contributed by atoms with Crippen LogP contribution >= 0.6 is 12.4 Å². The van der Waals surface area contributed by atoms with Crippen LogP contribution in [-0.2, 0) is 12.2 Å². The SMILES string of the molecule is C[Si](C)(Cc1ccc(F)cc1)Cn1ccnc1.Cl. The standard InChI is InChI=1S/C13H17FN2Si.ClH/c1-17(2,11-16-8-7-15-10-16)9-12-3-5-13(14)6-4-12;/h3-8,10H,9,11H2,1-2H3;1H. The molecule has 1 heterocycles. The molecule has 1 aromatic carbocycles. The van der Waals surface area contributed by atoms with Crippen LogP contribution in [0.1, 0.15) is 5.56 Å². The maximum Gasteiger partial charge on any atom is 0.123 e. The van der Waals surface area contributed by atoms with Crippen LogP contribution < -0.4 is 0 Å². The van der Waals surface area contributed by atoms with Gasteiger partial charge in [-0.3, -0.25) is 0 Å². The second kappa shape index (κ2) is 6.16. The van der Waals surface area contributed by atoms with Crippen molar-refractivity contribution >= 4 is 20.5 Å². The topological polar surface area (TPSA) is 17.8 Å². The summed E-state index contributed by atoms with van der Waals surface area (Å²) >= 11 is 0. The van der Waals surface area contributed by atoms with Crippen molar-refractivity contribution in [3.63, 3.8) is 0 Å². The molecule has 98 valence electrons. The van der Waals surface area contributed by atoms with E-state index in [-0.39, 0.29) is 18.2 Å². The Hall–Kier alpha value is -1.13. The van der Waals surface area contributed by atoms with Crippen molar-refractivity contribution < 1.29 is 4.39 Å². The van der Waals surface area contributed by atoms with E-state index in [4.69, 9.17) is 0 Å². The van der Waals surface area contributed by atoms with E-state index in [2.05, 4.69) is 22.6 Å². The zero-order valence-corrected chi connectivity index (χ0v) is 12.5. The molecule has 5 heteroatoms. The van der Waals surface area contributed by atoms with Crippen molar-refractivity contribution in [2.24, 2.45) is 0 Å². The zero-order chi connectivity index (χ0) is 12.3. The van der Waals surface area contributed by atoms with E-state index in [1.54, 1.807) is 0 Å².